The van der Waals surface area contributed by atoms with Gasteiger partial charge in [0.25, 0.3) is 0 Å². The van der Waals surface area contributed by atoms with Gasteiger partial charge in [0.1, 0.15) is 11.6 Å². The van der Waals surface area contributed by atoms with Crippen LogP contribution in [0, 0.1) is 11.6 Å². The van der Waals surface area contributed by atoms with E-state index in [1.54, 1.807) is 33.8 Å². The standard InChI is InChI=1S/C19H19F2N7O/c20-14-5-7-15(8-6-14)28-18(23-24-25-28)13-26-9-11-27(12-10-26)19(29)22-17-4-2-1-3-16(17)21/h1-8H,9-13H2,(H,22,29). The minimum atomic E-state index is -0.466. The first-order valence-corrected chi connectivity index (χ1v) is 9.16. The number of halogens is 2. The summed E-state index contributed by atoms with van der Waals surface area (Å²) in [4.78, 5) is 16.1. The Morgan fingerprint density at radius 3 is 2.45 bits per heavy atom. The lowest BCUT2D eigenvalue weighted by Gasteiger charge is -2.34. The molecule has 1 aromatic heterocycles. The third kappa shape index (κ3) is 4.37. The first-order valence-electron chi connectivity index (χ1n) is 9.16. The van der Waals surface area contributed by atoms with Crippen molar-refractivity contribution in [2.45, 2.75) is 6.54 Å². The summed E-state index contributed by atoms with van der Waals surface area (Å²) in [5.41, 5.74) is 0.840. The second kappa shape index (κ2) is 8.31. The van der Waals surface area contributed by atoms with Gasteiger partial charge in [-0.15, -0.1) is 5.10 Å². The zero-order chi connectivity index (χ0) is 20.2. The second-order valence-corrected chi connectivity index (χ2v) is 6.66. The van der Waals surface area contributed by atoms with Crippen molar-refractivity contribution in [1.29, 1.82) is 0 Å². The maximum atomic E-state index is 13.7. The summed E-state index contributed by atoms with van der Waals surface area (Å²) in [5.74, 6) is -0.166. The van der Waals surface area contributed by atoms with Crippen molar-refractivity contribution in [2.24, 2.45) is 0 Å². The number of aromatic nitrogens is 4. The van der Waals surface area contributed by atoms with E-state index >= 15 is 0 Å². The Kier molecular flexibility index (Phi) is 5.43. The van der Waals surface area contributed by atoms with E-state index in [4.69, 9.17) is 0 Å². The average Bonchev–Trinajstić information content (AvgIpc) is 3.19. The van der Waals surface area contributed by atoms with E-state index in [-0.39, 0.29) is 17.5 Å². The van der Waals surface area contributed by atoms with Crippen LogP contribution >= 0.6 is 0 Å². The maximum absolute atomic E-state index is 13.7. The predicted octanol–water partition coefficient (Wildman–Crippen LogP) is 2.29. The highest BCUT2D eigenvalue weighted by Gasteiger charge is 2.23. The number of hydrogen-bond acceptors (Lipinski definition) is 5. The molecule has 0 atom stereocenters. The number of rotatable bonds is 4. The first-order chi connectivity index (χ1) is 14.1. The molecule has 10 heteroatoms. The molecule has 1 saturated heterocycles. The Hall–Kier alpha value is -3.40. The number of piperazine rings is 1. The fourth-order valence-electron chi connectivity index (χ4n) is 3.15. The number of hydrogen-bond donors (Lipinski definition) is 1. The van der Waals surface area contributed by atoms with Gasteiger partial charge >= 0.3 is 6.03 Å². The molecular formula is C19H19F2N7O. The molecule has 0 spiro atoms. The predicted molar refractivity (Wildman–Crippen MR) is 101 cm³/mol. The van der Waals surface area contributed by atoms with Crippen LogP contribution in [0.1, 0.15) is 5.82 Å². The smallest absolute Gasteiger partial charge is 0.322 e. The number of para-hydroxylation sites is 1. The lowest BCUT2D eigenvalue weighted by molar-refractivity contribution is 0.140. The van der Waals surface area contributed by atoms with Gasteiger partial charge in [0.05, 0.1) is 17.9 Å². The van der Waals surface area contributed by atoms with Gasteiger partial charge in [0.2, 0.25) is 0 Å². The number of carbonyl (C=O) groups excluding carboxylic acids is 1. The number of amides is 2. The molecule has 1 aliphatic rings. The third-order valence-corrected chi connectivity index (χ3v) is 4.75. The molecule has 1 N–H and O–H groups in total. The maximum Gasteiger partial charge on any atom is 0.322 e. The van der Waals surface area contributed by atoms with Crippen LogP contribution in [0.4, 0.5) is 19.3 Å². The fourth-order valence-corrected chi connectivity index (χ4v) is 3.15. The van der Waals surface area contributed by atoms with E-state index in [2.05, 4.69) is 25.7 Å². The zero-order valence-electron chi connectivity index (χ0n) is 15.5. The van der Waals surface area contributed by atoms with Gasteiger partial charge in [-0.1, -0.05) is 12.1 Å². The SMILES string of the molecule is O=C(Nc1ccccc1F)N1CCN(Cc2nnnn2-c2ccc(F)cc2)CC1. The Labute approximate surface area is 165 Å². The highest BCUT2D eigenvalue weighted by molar-refractivity contribution is 5.89. The summed E-state index contributed by atoms with van der Waals surface area (Å²) >= 11 is 0. The summed E-state index contributed by atoms with van der Waals surface area (Å²) in [5, 5.41) is 14.4. The number of nitrogens with zero attached hydrogens (tertiary/aromatic N) is 6. The highest BCUT2D eigenvalue weighted by atomic mass is 19.1. The molecule has 29 heavy (non-hydrogen) atoms. The Bertz CT molecular complexity index is 984. The van der Waals surface area contributed by atoms with Crippen LogP contribution in [0.2, 0.25) is 0 Å². The van der Waals surface area contributed by atoms with Crippen LogP contribution in [0.5, 0.6) is 0 Å². The van der Waals surface area contributed by atoms with Crippen molar-refractivity contribution in [3.05, 3.63) is 66.0 Å². The number of tetrazole rings is 1. The quantitative estimate of drug-likeness (QED) is 0.728. The molecule has 4 rings (SSSR count). The molecule has 1 aliphatic heterocycles. The normalized spacial score (nSPS) is 14.8. The average molecular weight is 399 g/mol. The molecule has 8 nitrogen and oxygen atoms in total. The first kappa shape index (κ1) is 18.9. The van der Waals surface area contributed by atoms with Crippen LogP contribution in [0.15, 0.2) is 48.5 Å². The molecule has 0 radical (unpaired) electrons. The van der Waals surface area contributed by atoms with Crippen molar-refractivity contribution in [1.82, 2.24) is 30.0 Å². The lowest BCUT2D eigenvalue weighted by atomic mass is 10.3. The molecule has 3 aromatic rings. The summed E-state index contributed by atoms with van der Waals surface area (Å²) in [6.45, 7) is 2.74. The summed E-state index contributed by atoms with van der Waals surface area (Å²) < 4.78 is 28.4. The number of urea groups is 1. The molecule has 1 fully saturated rings. The molecule has 0 bridgehead atoms. The van der Waals surface area contributed by atoms with E-state index in [1.807, 2.05) is 0 Å². The van der Waals surface area contributed by atoms with E-state index in [9.17, 15) is 13.6 Å². The molecule has 0 unspecified atom stereocenters. The van der Waals surface area contributed by atoms with Crippen molar-refractivity contribution in [3.63, 3.8) is 0 Å². The topological polar surface area (TPSA) is 79.2 Å². The van der Waals surface area contributed by atoms with Gasteiger partial charge in [-0.25, -0.2) is 13.6 Å². The van der Waals surface area contributed by atoms with E-state index in [0.29, 0.717) is 44.2 Å². The van der Waals surface area contributed by atoms with Crippen LogP contribution in [-0.2, 0) is 6.54 Å². The van der Waals surface area contributed by atoms with Crippen molar-refractivity contribution in [3.8, 4) is 5.69 Å². The third-order valence-electron chi connectivity index (χ3n) is 4.75. The second-order valence-electron chi connectivity index (χ2n) is 6.66. The van der Waals surface area contributed by atoms with Crippen LogP contribution in [-0.4, -0.2) is 62.2 Å². The van der Waals surface area contributed by atoms with E-state index < -0.39 is 5.82 Å². The number of carbonyl (C=O) groups is 1. The van der Waals surface area contributed by atoms with Crippen molar-refractivity contribution in [2.75, 3.05) is 31.5 Å². The van der Waals surface area contributed by atoms with Gasteiger partial charge < -0.3 is 10.2 Å². The highest BCUT2D eigenvalue weighted by Crippen LogP contribution is 2.15. The minimum absolute atomic E-state index is 0.165. The zero-order valence-corrected chi connectivity index (χ0v) is 15.5. The lowest BCUT2D eigenvalue weighted by Crippen LogP contribution is -2.49. The molecule has 150 valence electrons. The molecular weight excluding hydrogens is 380 g/mol. The van der Waals surface area contributed by atoms with Gasteiger partial charge in [-0.05, 0) is 46.8 Å². The van der Waals surface area contributed by atoms with E-state index in [0.717, 1.165) is 0 Å². The monoisotopic (exact) mass is 399 g/mol. The summed E-state index contributed by atoms with van der Waals surface area (Å²) in [6.07, 6.45) is 0. The van der Waals surface area contributed by atoms with Gasteiger partial charge in [-0.2, -0.15) is 4.68 Å². The minimum Gasteiger partial charge on any atom is -0.322 e. The Balaban J connectivity index is 1.34. The molecule has 2 aromatic carbocycles. The number of benzene rings is 2. The van der Waals surface area contributed by atoms with Crippen molar-refractivity contribution >= 4 is 11.7 Å². The van der Waals surface area contributed by atoms with Crippen LogP contribution in [0.25, 0.3) is 5.69 Å². The fraction of sp³-hybridized carbons (Fsp3) is 0.263. The van der Waals surface area contributed by atoms with Crippen LogP contribution in [0.3, 0.4) is 0 Å². The van der Waals surface area contributed by atoms with Crippen molar-refractivity contribution < 1.29 is 13.6 Å². The molecule has 2 heterocycles. The van der Waals surface area contributed by atoms with Gasteiger partial charge in [0.15, 0.2) is 5.82 Å². The summed E-state index contributed by atoms with van der Waals surface area (Å²) in [7, 11) is 0. The summed E-state index contributed by atoms with van der Waals surface area (Å²) in [6, 6.07) is 11.7. The van der Waals surface area contributed by atoms with Crippen LogP contribution < -0.4 is 5.32 Å². The van der Waals surface area contributed by atoms with Gasteiger partial charge in [0, 0.05) is 26.2 Å². The Morgan fingerprint density at radius 1 is 1.00 bits per heavy atom. The molecule has 0 aliphatic carbocycles. The number of nitrogens with one attached hydrogen (secondary N) is 1. The largest absolute Gasteiger partial charge is 0.322 e. The van der Waals surface area contributed by atoms with E-state index in [1.165, 1.54) is 24.3 Å². The number of anilines is 1. The van der Waals surface area contributed by atoms with Gasteiger partial charge in [-0.3, -0.25) is 4.90 Å². The Morgan fingerprint density at radius 2 is 1.72 bits per heavy atom. The molecule has 0 saturated carbocycles. The molecule has 2 amide bonds.